The van der Waals surface area contributed by atoms with Crippen LogP contribution in [0.25, 0.3) is 0 Å². The van der Waals surface area contributed by atoms with Crippen molar-refractivity contribution in [2.24, 2.45) is 0 Å². The molecule has 0 aliphatic carbocycles. The predicted octanol–water partition coefficient (Wildman–Crippen LogP) is 4.21. The van der Waals surface area contributed by atoms with Gasteiger partial charge in [0.1, 0.15) is 0 Å². The summed E-state index contributed by atoms with van der Waals surface area (Å²) >= 11 is 12.3. The Hall–Kier alpha value is -1.46. The summed E-state index contributed by atoms with van der Waals surface area (Å²) in [6.07, 6.45) is 3.77. The smallest absolute Gasteiger partial charge is 0.322 e. The Balaban J connectivity index is 2.03. The molecular formula is C17H23Cl2N3O2. The second-order valence-electron chi connectivity index (χ2n) is 6.08. The summed E-state index contributed by atoms with van der Waals surface area (Å²) in [5.74, 6) is -0.0507. The van der Waals surface area contributed by atoms with Gasteiger partial charge in [-0.25, -0.2) is 4.79 Å². The minimum atomic E-state index is -0.161. The summed E-state index contributed by atoms with van der Waals surface area (Å²) in [7, 11) is 0. The molecule has 5 nitrogen and oxygen atoms in total. The molecule has 1 aromatic carbocycles. The summed E-state index contributed by atoms with van der Waals surface area (Å²) < 4.78 is 0. The predicted molar refractivity (Wildman–Crippen MR) is 97.9 cm³/mol. The van der Waals surface area contributed by atoms with E-state index in [0.29, 0.717) is 28.8 Å². The van der Waals surface area contributed by atoms with Crippen molar-refractivity contribution in [2.75, 3.05) is 18.4 Å². The van der Waals surface area contributed by atoms with Crippen molar-refractivity contribution in [1.29, 1.82) is 0 Å². The SMILES string of the molecule is CC(=O)NCC[C@@H]1CCCCN1C(=O)Nc1ccc(Cl)c(C)c1Cl. The standard InChI is InChI=1S/C17H23Cl2N3O2/c1-11-14(18)6-7-15(16(11)19)21-17(24)22-10-4-3-5-13(22)8-9-20-12(2)23/h6-7,13H,3-5,8-10H2,1-2H3,(H,20,23)(H,21,24)/t13-/m0/s1. The zero-order valence-electron chi connectivity index (χ0n) is 14.0. The quantitative estimate of drug-likeness (QED) is 0.832. The van der Waals surface area contributed by atoms with Crippen molar-refractivity contribution < 1.29 is 9.59 Å². The lowest BCUT2D eigenvalue weighted by Gasteiger charge is -2.36. The molecule has 3 amide bonds. The zero-order valence-corrected chi connectivity index (χ0v) is 15.5. The van der Waals surface area contributed by atoms with Gasteiger partial charge in [-0.2, -0.15) is 0 Å². The molecular weight excluding hydrogens is 349 g/mol. The molecule has 0 saturated carbocycles. The molecule has 0 bridgehead atoms. The van der Waals surface area contributed by atoms with Crippen LogP contribution in [-0.4, -0.2) is 36.0 Å². The number of likely N-dealkylation sites (tertiary alicyclic amines) is 1. The summed E-state index contributed by atoms with van der Waals surface area (Å²) in [4.78, 5) is 25.5. The van der Waals surface area contributed by atoms with Gasteiger partial charge in [0.2, 0.25) is 5.91 Å². The van der Waals surface area contributed by atoms with Gasteiger partial charge in [0.05, 0.1) is 10.7 Å². The van der Waals surface area contributed by atoms with Crippen molar-refractivity contribution in [3.05, 3.63) is 27.7 Å². The first kappa shape index (κ1) is 18.9. The molecule has 1 heterocycles. The lowest BCUT2D eigenvalue weighted by atomic mass is 10.00. The summed E-state index contributed by atoms with van der Waals surface area (Å²) in [5, 5.41) is 6.71. The fourth-order valence-electron chi connectivity index (χ4n) is 2.93. The van der Waals surface area contributed by atoms with E-state index in [1.54, 1.807) is 12.1 Å². The first-order valence-electron chi connectivity index (χ1n) is 8.16. The van der Waals surface area contributed by atoms with E-state index in [0.717, 1.165) is 31.2 Å². The number of halogens is 2. The van der Waals surface area contributed by atoms with Crippen LogP contribution in [0.1, 0.15) is 38.2 Å². The van der Waals surface area contributed by atoms with Gasteiger partial charge in [-0.15, -0.1) is 0 Å². The number of urea groups is 1. The molecule has 1 aliphatic rings. The fourth-order valence-corrected chi connectivity index (χ4v) is 3.35. The summed E-state index contributed by atoms with van der Waals surface area (Å²) in [6.45, 7) is 4.60. The van der Waals surface area contributed by atoms with Gasteiger partial charge in [-0.05, 0) is 50.3 Å². The minimum Gasteiger partial charge on any atom is -0.356 e. The molecule has 0 aromatic heterocycles. The molecule has 7 heteroatoms. The first-order valence-corrected chi connectivity index (χ1v) is 8.92. The molecule has 0 spiro atoms. The van der Waals surface area contributed by atoms with E-state index in [2.05, 4.69) is 10.6 Å². The Morgan fingerprint density at radius 3 is 2.75 bits per heavy atom. The van der Waals surface area contributed by atoms with Crippen LogP contribution in [0.15, 0.2) is 12.1 Å². The molecule has 2 rings (SSSR count). The van der Waals surface area contributed by atoms with Crippen molar-refractivity contribution >= 4 is 40.8 Å². The van der Waals surface area contributed by atoms with Crippen molar-refractivity contribution in [3.63, 3.8) is 0 Å². The molecule has 132 valence electrons. The number of benzene rings is 1. The number of hydrogen-bond acceptors (Lipinski definition) is 2. The van der Waals surface area contributed by atoms with Gasteiger partial charge in [0.15, 0.2) is 0 Å². The second kappa shape index (κ2) is 8.58. The third-order valence-corrected chi connectivity index (χ3v) is 5.20. The maximum Gasteiger partial charge on any atom is 0.322 e. The zero-order chi connectivity index (χ0) is 17.7. The lowest BCUT2D eigenvalue weighted by Crippen LogP contribution is -2.47. The average Bonchev–Trinajstić information content (AvgIpc) is 2.55. The molecule has 0 unspecified atom stereocenters. The first-order chi connectivity index (χ1) is 11.4. The van der Waals surface area contributed by atoms with E-state index in [9.17, 15) is 9.59 Å². The van der Waals surface area contributed by atoms with Crippen LogP contribution in [0.4, 0.5) is 10.5 Å². The van der Waals surface area contributed by atoms with Crippen molar-refractivity contribution in [3.8, 4) is 0 Å². The number of hydrogen-bond donors (Lipinski definition) is 2. The molecule has 1 fully saturated rings. The lowest BCUT2D eigenvalue weighted by molar-refractivity contribution is -0.119. The highest BCUT2D eigenvalue weighted by atomic mass is 35.5. The van der Waals surface area contributed by atoms with E-state index in [1.807, 2.05) is 11.8 Å². The monoisotopic (exact) mass is 371 g/mol. The largest absolute Gasteiger partial charge is 0.356 e. The van der Waals surface area contributed by atoms with Gasteiger partial charge in [-0.3, -0.25) is 4.79 Å². The third kappa shape index (κ3) is 4.77. The van der Waals surface area contributed by atoms with Crippen molar-refractivity contribution in [2.45, 2.75) is 45.6 Å². The van der Waals surface area contributed by atoms with E-state index in [-0.39, 0.29) is 18.0 Å². The Morgan fingerprint density at radius 2 is 2.04 bits per heavy atom. The number of carbonyl (C=O) groups is 2. The van der Waals surface area contributed by atoms with Gasteiger partial charge in [-0.1, -0.05) is 23.2 Å². The van der Waals surface area contributed by atoms with Gasteiger partial charge >= 0.3 is 6.03 Å². The van der Waals surface area contributed by atoms with Crippen LogP contribution in [0.5, 0.6) is 0 Å². The van der Waals surface area contributed by atoms with E-state index in [1.165, 1.54) is 6.92 Å². The van der Waals surface area contributed by atoms with Crippen LogP contribution in [0, 0.1) is 6.92 Å². The van der Waals surface area contributed by atoms with Gasteiger partial charge < -0.3 is 15.5 Å². The molecule has 2 N–H and O–H groups in total. The normalized spacial score (nSPS) is 17.5. The Morgan fingerprint density at radius 1 is 1.29 bits per heavy atom. The molecule has 1 saturated heterocycles. The van der Waals surface area contributed by atoms with Crippen LogP contribution >= 0.6 is 23.2 Å². The number of carbonyl (C=O) groups excluding carboxylic acids is 2. The fraction of sp³-hybridized carbons (Fsp3) is 0.529. The van der Waals surface area contributed by atoms with E-state index >= 15 is 0 Å². The van der Waals surface area contributed by atoms with Crippen molar-refractivity contribution in [1.82, 2.24) is 10.2 Å². The maximum absolute atomic E-state index is 12.7. The van der Waals surface area contributed by atoms with Crippen LogP contribution in [0.3, 0.4) is 0 Å². The van der Waals surface area contributed by atoms with E-state index in [4.69, 9.17) is 23.2 Å². The molecule has 1 aliphatic heterocycles. The highest BCUT2D eigenvalue weighted by molar-refractivity contribution is 6.38. The van der Waals surface area contributed by atoms with E-state index < -0.39 is 0 Å². The van der Waals surface area contributed by atoms with Crippen LogP contribution < -0.4 is 10.6 Å². The Bertz CT molecular complexity index is 622. The highest BCUT2D eigenvalue weighted by Gasteiger charge is 2.27. The Labute approximate surface area is 152 Å². The molecule has 1 aromatic rings. The molecule has 1 atom stereocenters. The third-order valence-electron chi connectivity index (χ3n) is 4.30. The number of anilines is 1. The van der Waals surface area contributed by atoms with Gasteiger partial charge in [0, 0.05) is 31.1 Å². The number of nitrogens with zero attached hydrogens (tertiary/aromatic N) is 1. The second-order valence-corrected chi connectivity index (χ2v) is 6.86. The summed E-state index contributed by atoms with van der Waals surface area (Å²) in [6, 6.07) is 3.40. The molecule has 0 radical (unpaired) electrons. The van der Waals surface area contributed by atoms with Gasteiger partial charge in [0.25, 0.3) is 0 Å². The maximum atomic E-state index is 12.7. The average molecular weight is 372 g/mol. The number of rotatable bonds is 4. The van der Waals surface area contributed by atoms with Crippen LogP contribution in [0.2, 0.25) is 10.0 Å². The van der Waals surface area contributed by atoms with Crippen LogP contribution in [-0.2, 0) is 4.79 Å². The topological polar surface area (TPSA) is 61.4 Å². The number of amides is 3. The molecule has 24 heavy (non-hydrogen) atoms. The minimum absolute atomic E-state index is 0.0507. The highest BCUT2D eigenvalue weighted by Crippen LogP contribution is 2.31. The summed E-state index contributed by atoms with van der Waals surface area (Å²) in [5.41, 5.74) is 1.31. The number of nitrogens with one attached hydrogen (secondary N) is 2. The Kier molecular flexibility index (Phi) is 6.75. The number of piperidine rings is 1.